The molecule has 4 aromatic rings. The zero-order valence-corrected chi connectivity index (χ0v) is 20.1. The Balaban J connectivity index is 0.00000256. The normalized spacial score (nSPS) is 11.7. The predicted molar refractivity (Wildman–Crippen MR) is 124 cm³/mol. The number of oxazole rings is 1. The predicted octanol–water partition coefficient (Wildman–Crippen LogP) is 2.47. The van der Waals surface area contributed by atoms with E-state index in [1.54, 1.807) is 0 Å². The second-order valence-electron chi connectivity index (χ2n) is 8.34. The average Bonchev–Trinajstić information content (AvgIpc) is 3.23. The summed E-state index contributed by atoms with van der Waals surface area (Å²) in [5.74, 6) is 1.74. The Morgan fingerprint density at radius 2 is 1.10 bits per heavy atom. The van der Waals surface area contributed by atoms with E-state index in [-0.39, 0.29) is 22.4 Å². The first kappa shape index (κ1) is 22.5. The standard InChI is InChI=1S/C26H27NOP.BrH/c1-26(2,3)24-19-27-25(28-24)20-29(21-13-7-4-8-14-21,22-15-9-5-10-16-22)23-17-11-6-12-18-23;/h4-19H,20H2,1-3H3;1H/q+1;/p-1. The van der Waals surface area contributed by atoms with Crippen LogP contribution in [-0.2, 0) is 11.6 Å². The molecule has 0 unspecified atom stereocenters. The molecule has 0 saturated carbocycles. The molecule has 4 heteroatoms. The first-order valence-electron chi connectivity index (χ1n) is 10.0. The molecule has 0 saturated heterocycles. The number of nitrogens with zero attached hydrogens (tertiary/aromatic N) is 1. The van der Waals surface area contributed by atoms with E-state index in [4.69, 9.17) is 9.40 Å². The first-order chi connectivity index (χ1) is 14.0. The van der Waals surface area contributed by atoms with E-state index in [0.717, 1.165) is 17.8 Å². The highest BCUT2D eigenvalue weighted by Gasteiger charge is 2.47. The zero-order chi connectivity index (χ0) is 20.3. The number of aromatic nitrogens is 1. The van der Waals surface area contributed by atoms with E-state index in [2.05, 4.69) is 112 Å². The molecule has 0 atom stereocenters. The van der Waals surface area contributed by atoms with Crippen LogP contribution in [0.3, 0.4) is 0 Å². The third kappa shape index (κ3) is 4.43. The molecule has 0 aliphatic carbocycles. The van der Waals surface area contributed by atoms with Gasteiger partial charge >= 0.3 is 0 Å². The number of halogens is 1. The molecule has 2 nitrogen and oxygen atoms in total. The van der Waals surface area contributed by atoms with Crippen LogP contribution in [0.25, 0.3) is 0 Å². The molecule has 0 radical (unpaired) electrons. The third-order valence-electron chi connectivity index (χ3n) is 5.26. The van der Waals surface area contributed by atoms with Gasteiger partial charge in [0.05, 0.1) is 6.20 Å². The van der Waals surface area contributed by atoms with Crippen molar-refractivity contribution in [2.75, 3.05) is 0 Å². The van der Waals surface area contributed by atoms with Crippen LogP contribution in [0.2, 0.25) is 0 Å². The lowest BCUT2D eigenvalue weighted by atomic mass is 9.94. The van der Waals surface area contributed by atoms with E-state index in [0.29, 0.717) is 0 Å². The first-order valence-corrected chi connectivity index (χ1v) is 12.0. The summed E-state index contributed by atoms with van der Waals surface area (Å²) in [5, 5.41) is 4.02. The van der Waals surface area contributed by atoms with Crippen LogP contribution < -0.4 is 32.9 Å². The van der Waals surface area contributed by atoms with E-state index < -0.39 is 7.26 Å². The van der Waals surface area contributed by atoms with Crippen LogP contribution >= 0.6 is 7.26 Å². The summed E-state index contributed by atoms with van der Waals surface area (Å²) < 4.78 is 6.28. The maximum Gasteiger partial charge on any atom is 0.233 e. The molecule has 30 heavy (non-hydrogen) atoms. The molecule has 1 heterocycles. The van der Waals surface area contributed by atoms with Gasteiger partial charge < -0.3 is 21.4 Å². The lowest BCUT2D eigenvalue weighted by Gasteiger charge is -2.26. The number of hydrogen-bond donors (Lipinski definition) is 0. The lowest BCUT2D eigenvalue weighted by Crippen LogP contribution is -3.00. The minimum Gasteiger partial charge on any atom is -1.00 e. The van der Waals surface area contributed by atoms with E-state index in [1.165, 1.54) is 15.9 Å². The smallest absolute Gasteiger partial charge is 0.233 e. The minimum absolute atomic E-state index is 0. The Hall–Kier alpha value is -2.22. The monoisotopic (exact) mass is 479 g/mol. The molecule has 3 aromatic carbocycles. The van der Waals surface area contributed by atoms with Crippen LogP contribution in [-0.4, -0.2) is 4.98 Å². The van der Waals surface area contributed by atoms with Crippen molar-refractivity contribution in [1.29, 1.82) is 0 Å². The largest absolute Gasteiger partial charge is 1.00 e. The molecule has 4 rings (SSSR count). The van der Waals surface area contributed by atoms with Gasteiger partial charge in [-0.2, -0.15) is 0 Å². The van der Waals surface area contributed by atoms with Crippen molar-refractivity contribution >= 4 is 23.2 Å². The van der Waals surface area contributed by atoms with Crippen LogP contribution in [0.1, 0.15) is 32.4 Å². The van der Waals surface area contributed by atoms with Crippen molar-refractivity contribution in [1.82, 2.24) is 4.98 Å². The van der Waals surface area contributed by atoms with Crippen LogP contribution in [0.5, 0.6) is 0 Å². The Kier molecular flexibility index (Phi) is 6.95. The summed E-state index contributed by atoms with van der Waals surface area (Å²) in [6.45, 7) is 6.47. The second kappa shape index (κ2) is 9.29. The van der Waals surface area contributed by atoms with Crippen molar-refractivity contribution in [3.8, 4) is 0 Å². The molecular weight excluding hydrogens is 453 g/mol. The number of hydrogen-bond acceptors (Lipinski definition) is 2. The van der Waals surface area contributed by atoms with Gasteiger partial charge in [0.1, 0.15) is 35.1 Å². The molecule has 0 N–H and O–H groups in total. The van der Waals surface area contributed by atoms with Gasteiger partial charge in [-0.1, -0.05) is 75.4 Å². The highest BCUT2D eigenvalue weighted by molar-refractivity contribution is 7.95. The summed E-state index contributed by atoms with van der Waals surface area (Å²) in [5.41, 5.74) is -0.0569. The van der Waals surface area contributed by atoms with Crippen molar-refractivity contribution in [2.24, 2.45) is 0 Å². The second-order valence-corrected chi connectivity index (χ2v) is 11.8. The van der Waals surface area contributed by atoms with E-state index >= 15 is 0 Å². The van der Waals surface area contributed by atoms with Gasteiger partial charge in [-0.05, 0) is 36.4 Å². The molecule has 154 valence electrons. The summed E-state index contributed by atoms with van der Waals surface area (Å²) in [6.07, 6.45) is 2.66. The topological polar surface area (TPSA) is 26.0 Å². The van der Waals surface area contributed by atoms with Gasteiger partial charge in [0, 0.05) is 5.41 Å². The minimum atomic E-state index is -1.97. The summed E-state index contributed by atoms with van der Waals surface area (Å²) in [6, 6.07) is 32.5. The van der Waals surface area contributed by atoms with E-state index in [1.807, 2.05) is 6.20 Å². The van der Waals surface area contributed by atoms with Crippen LogP contribution in [0.4, 0.5) is 0 Å². The molecule has 0 aliphatic rings. The highest BCUT2D eigenvalue weighted by Crippen LogP contribution is 2.58. The Labute approximate surface area is 190 Å². The molecule has 0 aliphatic heterocycles. The van der Waals surface area contributed by atoms with Crippen molar-refractivity contribution in [2.45, 2.75) is 32.3 Å². The van der Waals surface area contributed by atoms with Gasteiger partial charge in [-0.3, -0.25) is 0 Å². The SMILES string of the molecule is CC(C)(C)c1cnc(C[P+](c2ccccc2)(c2ccccc2)c2ccccc2)o1.[Br-]. The van der Waals surface area contributed by atoms with Crippen molar-refractivity contribution in [3.05, 3.63) is 109 Å². The maximum atomic E-state index is 6.28. The number of rotatable bonds is 5. The summed E-state index contributed by atoms with van der Waals surface area (Å²) >= 11 is 0. The van der Waals surface area contributed by atoms with Gasteiger partial charge in [-0.25, -0.2) is 4.98 Å². The van der Waals surface area contributed by atoms with Gasteiger partial charge in [0.25, 0.3) is 0 Å². The van der Waals surface area contributed by atoms with Crippen molar-refractivity contribution < 1.29 is 21.4 Å². The fraction of sp³-hybridized carbons (Fsp3) is 0.192. The molecular formula is C26H27BrNOP. The molecule has 0 amide bonds. The van der Waals surface area contributed by atoms with Gasteiger partial charge in [0.15, 0.2) is 0 Å². The fourth-order valence-corrected chi connectivity index (χ4v) is 7.74. The Morgan fingerprint density at radius 1 is 0.700 bits per heavy atom. The molecule has 1 aromatic heterocycles. The molecule has 0 spiro atoms. The Morgan fingerprint density at radius 3 is 1.43 bits per heavy atom. The molecule has 0 bridgehead atoms. The maximum absolute atomic E-state index is 6.28. The van der Waals surface area contributed by atoms with Gasteiger partial charge in [0.2, 0.25) is 5.89 Å². The molecule has 0 fully saturated rings. The Bertz CT molecular complexity index is 960. The lowest BCUT2D eigenvalue weighted by molar-refractivity contribution is -0.00000675. The number of benzene rings is 3. The summed E-state index contributed by atoms with van der Waals surface area (Å²) in [4.78, 5) is 4.71. The highest BCUT2D eigenvalue weighted by atomic mass is 79.9. The van der Waals surface area contributed by atoms with E-state index in [9.17, 15) is 0 Å². The quantitative estimate of drug-likeness (QED) is 0.411. The van der Waals surface area contributed by atoms with Crippen molar-refractivity contribution in [3.63, 3.8) is 0 Å². The fourth-order valence-electron chi connectivity index (χ4n) is 3.70. The van der Waals surface area contributed by atoms with Crippen LogP contribution in [0, 0.1) is 0 Å². The average molecular weight is 480 g/mol. The van der Waals surface area contributed by atoms with Crippen LogP contribution in [0.15, 0.2) is 102 Å². The van der Waals surface area contributed by atoms with Gasteiger partial charge in [-0.15, -0.1) is 0 Å². The zero-order valence-electron chi connectivity index (χ0n) is 17.6. The summed E-state index contributed by atoms with van der Waals surface area (Å²) in [7, 11) is -1.97. The third-order valence-corrected chi connectivity index (χ3v) is 9.54.